The first-order valence-corrected chi connectivity index (χ1v) is 6.25. The summed E-state index contributed by atoms with van der Waals surface area (Å²) in [6.45, 7) is 5.96. The van der Waals surface area contributed by atoms with E-state index in [-0.39, 0.29) is 18.6 Å². The monoisotopic (exact) mass is 248 g/mol. The van der Waals surface area contributed by atoms with Crippen LogP contribution in [0.25, 0.3) is 0 Å². The van der Waals surface area contributed by atoms with Crippen molar-refractivity contribution >= 4 is 5.91 Å². The number of hydrogen-bond acceptors (Lipinski definition) is 3. The van der Waals surface area contributed by atoms with Gasteiger partial charge in [0.15, 0.2) is 0 Å². The molecule has 0 bridgehead atoms. The van der Waals surface area contributed by atoms with Crippen LogP contribution in [0.2, 0.25) is 0 Å². The Morgan fingerprint density at radius 3 is 2.94 bits per heavy atom. The van der Waals surface area contributed by atoms with Crippen molar-refractivity contribution in [1.82, 2.24) is 4.90 Å². The van der Waals surface area contributed by atoms with Gasteiger partial charge in [-0.2, -0.15) is 0 Å². The molecule has 4 heteroatoms. The van der Waals surface area contributed by atoms with Gasteiger partial charge in [0.25, 0.3) is 0 Å². The van der Waals surface area contributed by atoms with Gasteiger partial charge in [0, 0.05) is 19.6 Å². The Morgan fingerprint density at radius 1 is 1.44 bits per heavy atom. The molecule has 1 aromatic carbocycles. The molecular weight excluding hydrogens is 228 g/mol. The van der Waals surface area contributed by atoms with Crippen molar-refractivity contribution in [2.45, 2.75) is 26.5 Å². The van der Waals surface area contributed by atoms with Crippen molar-refractivity contribution in [2.75, 3.05) is 19.7 Å². The van der Waals surface area contributed by atoms with Crippen LogP contribution in [0.3, 0.4) is 0 Å². The molecule has 1 aromatic rings. The Bertz CT molecular complexity index is 445. The first-order valence-electron chi connectivity index (χ1n) is 6.25. The quantitative estimate of drug-likeness (QED) is 0.868. The summed E-state index contributed by atoms with van der Waals surface area (Å²) in [6, 6.07) is 6.31. The van der Waals surface area contributed by atoms with Crippen LogP contribution in [0.5, 0.6) is 0 Å². The van der Waals surface area contributed by atoms with Crippen LogP contribution in [0.15, 0.2) is 18.2 Å². The molecule has 0 spiro atoms. The zero-order valence-corrected chi connectivity index (χ0v) is 11.0. The van der Waals surface area contributed by atoms with Gasteiger partial charge >= 0.3 is 0 Å². The van der Waals surface area contributed by atoms with E-state index < -0.39 is 0 Å². The lowest BCUT2D eigenvalue weighted by atomic mass is 10.0. The van der Waals surface area contributed by atoms with Crippen molar-refractivity contribution < 1.29 is 9.53 Å². The number of ether oxygens (including phenoxy) is 1. The highest BCUT2D eigenvalue weighted by atomic mass is 16.5. The van der Waals surface area contributed by atoms with Gasteiger partial charge in [-0.15, -0.1) is 0 Å². The normalized spacial score (nSPS) is 20.3. The first kappa shape index (κ1) is 13.1. The molecule has 2 rings (SSSR count). The number of benzene rings is 1. The SMILES string of the molecule is Cc1ccc(C)c(CN2CC(CN)OCC2=O)c1. The third-order valence-electron chi connectivity index (χ3n) is 3.35. The maximum absolute atomic E-state index is 11.8. The lowest BCUT2D eigenvalue weighted by Gasteiger charge is -2.32. The van der Waals surface area contributed by atoms with Gasteiger partial charge in [0.1, 0.15) is 6.61 Å². The number of carbonyl (C=O) groups is 1. The van der Waals surface area contributed by atoms with Gasteiger partial charge in [-0.1, -0.05) is 23.8 Å². The highest BCUT2D eigenvalue weighted by Gasteiger charge is 2.25. The molecular formula is C14H20N2O2. The second kappa shape index (κ2) is 5.50. The van der Waals surface area contributed by atoms with Gasteiger partial charge in [0.2, 0.25) is 5.91 Å². The van der Waals surface area contributed by atoms with Crippen molar-refractivity contribution in [3.63, 3.8) is 0 Å². The Balaban J connectivity index is 2.11. The van der Waals surface area contributed by atoms with Crippen LogP contribution >= 0.6 is 0 Å². The minimum Gasteiger partial charge on any atom is -0.365 e. The molecule has 4 nitrogen and oxygen atoms in total. The van der Waals surface area contributed by atoms with E-state index in [9.17, 15) is 4.79 Å². The fraction of sp³-hybridized carbons (Fsp3) is 0.500. The van der Waals surface area contributed by atoms with E-state index in [0.717, 1.165) is 0 Å². The van der Waals surface area contributed by atoms with Gasteiger partial charge in [-0.3, -0.25) is 4.79 Å². The van der Waals surface area contributed by atoms with Gasteiger partial charge in [-0.05, 0) is 25.0 Å². The summed E-state index contributed by atoms with van der Waals surface area (Å²) >= 11 is 0. The van der Waals surface area contributed by atoms with Crippen LogP contribution in [0, 0.1) is 13.8 Å². The van der Waals surface area contributed by atoms with Gasteiger partial charge < -0.3 is 15.4 Å². The van der Waals surface area contributed by atoms with Crippen LogP contribution in [-0.2, 0) is 16.1 Å². The lowest BCUT2D eigenvalue weighted by Crippen LogP contribution is -2.48. The summed E-state index contributed by atoms with van der Waals surface area (Å²) in [5.41, 5.74) is 9.22. The number of hydrogen-bond donors (Lipinski definition) is 1. The lowest BCUT2D eigenvalue weighted by molar-refractivity contribution is -0.149. The highest BCUT2D eigenvalue weighted by Crippen LogP contribution is 2.16. The van der Waals surface area contributed by atoms with Crippen LogP contribution < -0.4 is 5.73 Å². The fourth-order valence-corrected chi connectivity index (χ4v) is 2.15. The standard InChI is InChI=1S/C14H20N2O2/c1-10-3-4-11(2)12(5-10)7-16-8-13(6-15)18-9-14(16)17/h3-5,13H,6-9,15H2,1-2H3. The maximum Gasteiger partial charge on any atom is 0.248 e. The molecule has 2 N–H and O–H groups in total. The minimum absolute atomic E-state index is 0.0344. The molecule has 1 fully saturated rings. The average molecular weight is 248 g/mol. The number of rotatable bonds is 3. The van der Waals surface area contributed by atoms with E-state index in [1.807, 2.05) is 4.90 Å². The number of nitrogens with zero attached hydrogens (tertiary/aromatic N) is 1. The van der Waals surface area contributed by atoms with E-state index in [1.54, 1.807) is 0 Å². The second-order valence-corrected chi connectivity index (χ2v) is 4.87. The summed E-state index contributed by atoms with van der Waals surface area (Å²) in [4.78, 5) is 13.7. The van der Waals surface area contributed by atoms with Crippen molar-refractivity contribution in [2.24, 2.45) is 5.73 Å². The molecule has 1 heterocycles. The van der Waals surface area contributed by atoms with Gasteiger partial charge in [0.05, 0.1) is 6.10 Å². The summed E-state index contributed by atoms with van der Waals surface area (Å²) in [7, 11) is 0. The van der Waals surface area contributed by atoms with Gasteiger partial charge in [-0.25, -0.2) is 0 Å². The summed E-state index contributed by atoms with van der Waals surface area (Å²) < 4.78 is 5.35. The molecule has 98 valence electrons. The third-order valence-corrected chi connectivity index (χ3v) is 3.35. The van der Waals surface area contributed by atoms with Crippen molar-refractivity contribution in [3.8, 4) is 0 Å². The summed E-state index contributed by atoms with van der Waals surface area (Å²) in [5.74, 6) is 0.0422. The molecule has 0 aliphatic carbocycles. The molecule has 0 radical (unpaired) electrons. The molecule has 0 saturated carbocycles. The summed E-state index contributed by atoms with van der Waals surface area (Å²) in [6.07, 6.45) is -0.0344. The number of nitrogens with two attached hydrogens (primary N) is 1. The Labute approximate surface area is 108 Å². The second-order valence-electron chi connectivity index (χ2n) is 4.87. The van der Waals surface area contributed by atoms with Crippen molar-refractivity contribution in [1.29, 1.82) is 0 Å². The van der Waals surface area contributed by atoms with Crippen LogP contribution in [-0.4, -0.2) is 36.6 Å². The fourth-order valence-electron chi connectivity index (χ4n) is 2.15. The smallest absolute Gasteiger partial charge is 0.248 e. The number of aryl methyl sites for hydroxylation is 2. The molecule has 0 aromatic heterocycles. The molecule has 1 unspecified atom stereocenters. The predicted octanol–water partition coefficient (Wildman–Crippen LogP) is 0.990. The van der Waals surface area contributed by atoms with E-state index in [0.29, 0.717) is 19.6 Å². The zero-order chi connectivity index (χ0) is 13.1. The largest absolute Gasteiger partial charge is 0.365 e. The number of amides is 1. The average Bonchev–Trinajstić information content (AvgIpc) is 2.36. The van der Waals surface area contributed by atoms with Crippen LogP contribution in [0.4, 0.5) is 0 Å². The van der Waals surface area contributed by atoms with E-state index in [1.165, 1.54) is 16.7 Å². The third kappa shape index (κ3) is 2.89. The van der Waals surface area contributed by atoms with Crippen LogP contribution in [0.1, 0.15) is 16.7 Å². The summed E-state index contributed by atoms with van der Waals surface area (Å²) in [5, 5.41) is 0. The molecule has 1 saturated heterocycles. The minimum atomic E-state index is -0.0344. The number of carbonyl (C=O) groups excluding carboxylic acids is 1. The van der Waals surface area contributed by atoms with Crippen molar-refractivity contribution in [3.05, 3.63) is 34.9 Å². The topological polar surface area (TPSA) is 55.6 Å². The number of morpholine rings is 1. The molecule has 1 atom stereocenters. The van der Waals surface area contributed by atoms with E-state index in [2.05, 4.69) is 32.0 Å². The molecule has 1 aliphatic rings. The Hall–Kier alpha value is -1.39. The molecule has 1 amide bonds. The first-order chi connectivity index (χ1) is 8.60. The Kier molecular flexibility index (Phi) is 3.99. The van der Waals surface area contributed by atoms with E-state index in [4.69, 9.17) is 10.5 Å². The molecule has 18 heavy (non-hydrogen) atoms. The van der Waals surface area contributed by atoms with E-state index >= 15 is 0 Å². The molecule has 1 aliphatic heterocycles. The highest BCUT2D eigenvalue weighted by molar-refractivity contribution is 5.78. The predicted molar refractivity (Wildman–Crippen MR) is 70.1 cm³/mol. The Morgan fingerprint density at radius 2 is 2.22 bits per heavy atom. The maximum atomic E-state index is 11.8. The zero-order valence-electron chi connectivity index (χ0n) is 11.0.